The number of carbonyl (C=O) groups is 1. The summed E-state index contributed by atoms with van der Waals surface area (Å²) in [6.45, 7) is 12.1. The fraction of sp³-hybridized carbons (Fsp3) is 0.458. The average molecular weight is 445 g/mol. The highest BCUT2D eigenvalue weighted by Crippen LogP contribution is 2.40. The molecule has 168 valence electrons. The first-order valence-electron chi connectivity index (χ1n) is 10.6. The molecule has 6 nitrogen and oxygen atoms in total. The van der Waals surface area contributed by atoms with Gasteiger partial charge in [0, 0.05) is 6.04 Å². The van der Waals surface area contributed by atoms with Crippen LogP contribution in [-0.2, 0) is 20.2 Å². The quantitative estimate of drug-likeness (QED) is 0.753. The largest absolute Gasteiger partial charge is 0.476 e. The molecule has 2 aromatic carbocycles. The lowest BCUT2D eigenvalue weighted by molar-refractivity contribution is -0.128. The lowest BCUT2D eigenvalue weighted by atomic mass is 9.86. The first kappa shape index (κ1) is 23.1. The molecule has 2 atom stereocenters. The molecular weight excluding hydrogens is 412 g/mol. The minimum absolute atomic E-state index is 0.0556. The summed E-state index contributed by atoms with van der Waals surface area (Å²) in [4.78, 5) is 13.1. The topological polar surface area (TPSA) is 75.7 Å². The number of ether oxygens (including phenoxy) is 1. The molecule has 1 heterocycles. The summed E-state index contributed by atoms with van der Waals surface area (Å²) < 4.78 is 34.4. The van der Waals surface area contributed by atoms with Crippen LogP contribution in [-0.4, -0.2) is 33.0 Å². The third kappa shape index (κ3) is 4.87. The van der Waals surface area contributed by atoms with Crippen LogP contribution in [0.4, 0.5) is 5.69 Å². The van der Waals surface area contributed by atoms with Gasteiger partial charge in [-0.1, -0.05) is 58.9 Å². The smallest absolute Gasteiger partial charge is 0.264 e. The zero-order valence-electron chi connectivity index (χ0n) is 19.0. The van der Waals surface area contributed by atoms with E-state index in [0.717, 1.165) is 5.56 Å². The summed E-state index contributed by atoms with van der Waals surface area (Å²) in [5, 5.41) is 2.94. The first-order valence-corrected chi connectivity index (χ1v) is 12.0. The van der Waals surface area contributed by atoms with Crippen molar-refractivity contribution in [2.45, 2.75) is 64.0 Å². The summed E-state index contributed by atoms with van der Waals surface area (Å²) >= 11 is 0. The maximum atomic E-state index is 13.5. The fourth-order valence-electron chi connectivity index (χ4n) is 3.29. The van der Waals surface area contributed by atoms with Crippen molar-refractivity contribution in [3.05, 3.63) is 54.1 Å². The fourth-order valence-corrected chi connectivity index (χ4v) is 4.77. The van der Waals surface area contributed by atoms with Gasteiger partial charge in [-0.2, -0.15) is 0 Å². The van der Waals surface area contributed by atoms with E-state index in [1.165, 1.54) is 4.31 Å². The molecule has 1 aliphatic rings. The van der Waals surface area contributed by atoms with E-state index in [9.17, 15) is 13.2 Å². The van der Waals surface area contributed by atoms with Crippen LogP contribution in [0.3, 0.4) is 0 Å². The molecular formula is C24H32N2O4S. The van der Waals surface area contributed by atoms with Crippen LogP contribution >= 0.6 is 0 Å². The third-order valence-corrected chi connectivity index (χ3v) is 7.48. The zero-order chi connectivity index (χ0) is 23.0. The van der Waals surface area contributed by atoms with Gasteiger partial charge in [0.15, 0.2) is 6.10 Å². The lowest BCUT2D eigenvalue weighted by Crippen LogP contribution is -2.52. The predicted molar refractivity (Wildman–Crippen MR) is 123 cm³/mol. The van der Waals surface area contributed by atoms with Crippen molar-refractivity contribution >= 4 is 21.6 Å². The third-order valence-electron chi connectivity index (χ3n) is 5.69. The van der Waals surface area contributed by atoms with Gasteiger partial charge in [-0.3, -0.25) is 9.10 Å². The molecule has 3 rings (SSSR count). The van der Waals surface area contributed by atoms with Crippen LogP contribution in [0.2, 0.25) is 0 Å². The average Bonchev–Trinajstić information content (AvgIpc) is 2.72. The number of amides is 1. The number of nitrogens with zero attached hydrogens (tertiary/aromatic N) is 1. The number of carbonyl (C=O) groups excluding carboxylic acids is 1. The molecule has 0 spiro atoms. The van der Waals surface area contributed by atoms with Crippen molar-refractivity contribution in [1.82, 2.24) is 5.32 Å². The van der Waals surface area contributed by atoms with Gasteiger partial charge in [-0.25, -0.2) is 8.42 Å². The Balaban J connectivity index is 2.06. The molecule has 7 heteroatoms. The van der Waals surface area contributed by atoms with Gasteiger partial charge in [-0.05, 0) is 48.1 Å². The van der Waals surface area contributed by atoms with Crippen LogP contribution in [0.1, 0.15) is 47.1 Å². The molecule has 1 amide bonds. The van der Waals surface area contributed by atoms with Crippen LogP contribution < -0.4 is 14.4 Å². The minimum atomic E-state index is -3.88. The summed E-state index contributed by atoms with van der Waals surface area (Å²) in [5.74, 6) is 0.314. The zero-order valence-corrected chi connectivity index (χ0v) is 19.9. The van der Waals surface area contributed by atoms with Crippen LogP contribution in [0.15, 0.2) is 53.4 Å². The monoisotopic (exact) mass is 444 g/mol. The van der Waals surface area contributed by atoms with E-state index in [1.807, 2.05) is 32.9 Å². The number of sulfonamides is 1. The van der Waals surface area contributed by atoms with E-state index in [1.54, 1.807) is 36.4 Å². The van der Waals surface area contributed by atoms with E-state index in [-0.39, 0.29) is 34.7 Å². The van der Waals surface area contributed by atoms with E-state index in [2.05, 4.69) is 26.1 Å². The lowest BCUT2D eigenvalue weighted by Gasteiger charge is -2.36. The highest BCUT2D eigenvalue weighted by atomic mass is 32.2. The summed E-state index contributed by atoms with van der Waals surface area (Å²) in [7, 11) is -3.88. The normalized spacial score (nSPS) is 17.6. The first-order chi connectivity index (χ1) is 14.4. The molecule has 0 aromatic heterocycles. The van der Waals surface area contributed by atoms with Crippen molar-refractivity contribution < 1.29 is 17.9 Å². The number of nitrogens with one attached hydrogen (secondary N) is 1. The summed E-state index contributed by atoms with van der Waals surface area (Å²) in [5.41, 5.74) is 1.27. The van der Waals surface area contributed by atoms with Crippen LogP contribution in [0.25, 0.3) is 0 Å². The number of rotatable bonds is 5. The highest BCUT2D eigenvalue weighted by Gasteiger charge is 2.38. The van der Waals surface area contributed by atoms with Crippen molar-refractivity contribution in [3.8, 4) is 5.75 Å². The maximum absolute atomic E-state index is 13.5. The Morgan fingerprint density at radius 2 is 1.74 bits per heavy atom. The van der Waals surface area contributed by atoms with Crippen LogP contribution in [0, 0.1) is 5.92 Å². The van der Waals surface area contributed by atoms with Crippen molar-refractivity contribution in [2.75, 3.05) is 10.8 Å². The maximum Gasteiger partial charge on any atom is 0.264 e. The van der Waals surface area contributed by atoms with Gasteiger partial charge in [-0.15, -0.1) is 0 Å². The van der Waals surface area contributed by atoms with Crippen molar-refractivity contribution in [2.24, 2.45) is 5.92 Å². The molecule has 31 heavy (non-hydrogen) atoms. The van der Waals surface area contributed by atoms with E-state index < -0.39 is 16.1 Å². The molecule has 0 saturated heterocycles. The highest BCUT2D eigenvalue weighted by molar-refractivity contribution is 7.92. The second kappa shape index (κ2) is 8.54. The molecule has 1 N–H and O–H groups in total. The number of anilines is 1. The number of benzene rings is 2. The Morgan fingerprint density at radius 1 is 1.10 bits per heavy atom. The number of hydrogen-bond donors (Lipinski definition) is 1. The molecule has 0 aliphatic carbocycles. The molecule has 0 saturated carbocycles. The second-order valence-corrected chi connectivity index (χ2v) is 11.3. The van der Waals surface area contributed by atoms with Gasteiger partial charge < -0.3 is 10.1 Å². The van der Waals surface area contributed by atoms with Gasteiger partial charge in [0.2, 0.25) is 0 Å². The molecule has 0 radical (unpaired) electrons. The molecule has 0 fully saturated rings. The predicted octanol–water partition coefficient (Wildman–Crippen LogP) is 4.10. The van der Waals surface area contributed by atoms with E-state index in [0.29, 0.717) is 11.4 Å². The van der Waals surface area contributed by atoms with Gasteiger partial charge in [0.25, 0.3) is 15.9 Å². The number of fused-ring (bicyclic) bond motifs is 1. The SMILES string of the molecule is CC(C)[C@H](C)NC(=O)[C@H]1CN(S(=O)(=O)c2ccccc2)c2cc(C(C)(C)C)ccc2O1. The molecule has 0 unspecified atom stereocenters. The summed E-state index contributed by atoms with van der Waals surface area (Å²) in [6.07, 6.45) is -0.937. The molecule has 0 bridgehead atoms. The van der Waals surface area contributed by atoms with Crippen molar-refractivity contribution in [3.63, 3.8) is 0 Å². The van der Waals surface area contributed by atoms with Crippen LogP contribution in [0.5, 0.6) is 5.75 Å². The molecule has 2 aromatic rings. The Hall–Kier alpha value is -2.54. The second-order valence-electron chi connectivity index (χ2n) is 9.43. The Bertz CT molecular complexity index is 1040. The van der Waals surface area contributed by atoms with Gasteiger partial charge in [0.1, 0.15) is 5.75 Å². The number of hydrogen-bond acceptors (Lipinski definition) is 4. The van der Waals surface area contributed by atoms with E-state index in [4.69, 9.17) is 4.74 Å². The minimum Gasteiger partial charge on any atom is -0.476 e. The molecule has 1 aliphatic heterocycles. The van der Waals surface area contributed by atoms with Crippen molar-refractivity contribution in [1.29, 1.82) is 0 Å². The Morgan fingerprint density at radius 3 is 2.32 bits per heavy atom. The van der Waals surface area contributed by atoms with E-state index >= 15 is 0 Å². The van der Waals surface area contributed by atoms with Gasteiger partial charge >= 0.3 is 0 Å². The Kier molecular flexibility index (Phi) is 6.37. The summed E-state index contributed by atoms with van der Waals surface area (Å²) in [6, 6.07) is 13.7. The Labute approximate surface area is 185 Å². The standard InChI is InChI=1S/C24H32N2O4S/c1-16(2)17(3)25-23(27)22-15-26(31(28,29)19-10-8-7-9-11-19)20-14-18(24(4,5)6)12-13-21(20)30-22/h7-14,16-17,22H,15H2,1-6H3,(H,25,27)/t17-,22+/m0/s1. The van der Waals surface area contributed by atoms with Gasteiger partial charge in [0.05, 0.1) is 17.1 Å².